The summed E-state index contributed by atoms with van der Waals surface area (Å²) in [6.07, 6.45) is 8.78. The molecule has 56 heavy (non-hydrogen) atoms. The number of unbranched alkanes of at least 4 members (excludes halogenated alkanes) is 3. The number of nitrogens with zero attached hydrogens (tertiary/aromatic N) is 2. The Balaban J connectivity index is 0.909. The summed E-state index contributed by atoms with van der Waals surface area (Å²) in [6.45, 7) is 2.45. The molecular weight excluding hydrogens is 756 g/mol. The van der Waals surface area contributed by atoms with Gasteiger partial charge in [0.25, 0.3) is 5.91 Å². The average Bonchev–Trinajstić information content (AvgIpc) is 3.86. The minimum Gasteiger partial charge on any atom is -0.356 e. The highest BCUT2D eigenvalue weighted by atomic mass is 32.2. The standard InChI is InChI=1S/C40H47FN8O5S2/c1-24(50)45-40-48-30-16-15-25(21-34(30)56-40)27-20-31(46-38(53)26-9-7-10-28(41)19-26)29(44-22-27)11-8-18-43-35(51)13-3-2-6-17-42-36(52)14-5-4-12-33-37-32(23-55-33)47-39(54)49-37/h7,9-10,15-16,19-22,32-33,37H,2-6,8,11-14,17-18,23H2,1H3,(H,42,52)(H,43,51)(H,46,53)(H,45,48,50)(H2,47,49,54)/t32-,33-,37-/m0/s1. The van der Waals surface area contributed by atoms with Crippen molar-refractivity contribution >= 4 is 73.8 Å². The number of pyridine rings is 1. The first kappa shape index (κ1) is 40.6. The molecule has 4 heterocycles. The van der Waals surface area contributed by atoms with Crippen LogP contribution in [0.2, 0.25) is 0 Å². The van der Waals surface area contributed by atoms with Gasteiger partial charge in [0.2, 0.25) is 17.7 Å². The van der Waals surface area contributed by atoms with Crippen LogP contribution in [0.25, 0.3) is 21.3 Å². The number of aryl methyl sites for hydroxylation is 1. The summed E-state index contributed by atoms with van der Waals surface area (Å²) in [5.41, 5.74) is 3.62. The molecule has 4 aromatic rings. The van der Waals surface area contributed by atoms with E-state index < -0.39 is 11.7 Å². The first-order valence-electron chi connectivity index (χ1n) is 19.1. The predicted octanol–water partition coefficient (Wildman–Crippen LogP) is 6.16. The summed E-state index contributed by atoms with van der Waals surface area (Å²) in [5, 5.41) is 18.4. The molecule has 6 rings (SSSR count). The number of rotatable bonds is 19. The van der Waals surface area contributed by atoms with Crippen LogP contribution in [0.15, 0.2) is 54.7 Å². The number of hydrogen-bond donors (Lipinski definition) is 6. The number of nitrogens with one attached hydrogen (secondary N) is 6. The monoisotopic (exact) mass is 802 g/mol. The molecule has 296 valence electrons. The third-order valence-corrected chi connectivity index (χ3v) is 12.1. The third-order valence-electron chi connectivity index (χ3n) is 9.71. The van der Waals surface area contributed by atoms with Gasteiger partial charge in [0, 0.05) is 61.2 Å². The van der Waals surface area contributed by atoms with Gasteiger partial charge in [-0.1, -0.05) is 36.3 Å². The van der Waals surface area contributed by atoms with Crippen molar-refractivity contribution in [1.82, 2.24) is 31.2 Å². The molecule has 2 aliphatic rings. The van der Waals surface area contributed by atoms with Gasteiger partial charge in [-0.3, -0.25) is 24.2 Å². The van der Waals surface area contributed by atoms with Crippen LogP contribution in [0.1, 0.15) is 80.8 Å². The average molecular weight is 803 g/mol. The van der Waals surface area contributed by atoms with E-state index in [2.05, 4.69) is 41.9 Å². The van der Waals surface area contributed by atoms with Gasteiger partial charge < -0.3 is 31.9 Å². The number of thioether (sulfide) groups is 1. The van der Waals surface area contributed by atoms with Gasteiger partial charge >= 0.3 is 6.03 Å². The number of amides is 6. The zero-order valence-corrected chi connectivity index (χ0v) is 32.9. The Morgan fingerprint density at radius 3 is 2.45 bits per heavy atom. The van der Waals surface area contributed by atoms with Crippen LogP contribution in [0, 0.1) is 5.82 Å². The number of urea groups is 1. The fourth-order valence-electron chi connectivity index (χ4n) is 6.84. The summed E-state index contributed by atoms with van der Waals surface area (Å²) in [5.74, 6) is -0.244. The fourth-order valence-corrected chi connectivity index (χ4v) is 9.34. The molecule has 2 saturated heterocycles. The summed E-state index contributed by atoms with van der Waals surface area (Å²) in [6, 6.07) is 13.3. The number of carbonyl (C=O) groups excluding carboxylic acids is 5. The van der Waals surface area contributed by atoms with Gasteiger partial charge in [0.1, 0.15) is 5.82 Å². The van der Waals surface area contributed by atoms with E-state index in [0.717, 1.165) is 65.6 Å². The van der Waals surface area contributed by atoms with Crippen molar-refractivity contribution in [3.63, 3.8) is 0 Å². The highest BCUT2D eigenvalue weighted by molar-refractivity contribution is 8.00. The first-order valence-corrected chi connectivity index (χ1v) is 20.9. The van der Waals surface area contributed by atoms with Gasteiger partial charge in [-0.05, 0) is 80.5 Å². The molecule has 0 spiro atoms. The summed E-state index contributed by atoms with van der Waals surface area (Å²) >= 11 is 3.24. The van der Waals surface area contributed by atoms with E-state index in [-0.39, 0.29) is 41.4 Å². The number of benzene rings is 2. The number of carbonyl (C=O) groups is 5. The number of thiazole rings is 1. The van der Waals surface area contributed by atoms with Crippen LogP contribution >= 0.6 is 23.1 Å². The second-order valence-corrected chi connectivity index (χ2v) is 16.4. The van der Waals surface area contributed by atoms with Crippen molar-refractivity contribution in [1.29, 1.82) is 0 Å². The van der Waals surface area contributed by atoms with Crippen molar-refractivity contribution in [2.24, 2.45) is 0 Å². The number of aromatic nitrogens is 2. The fraction of sp³-hybridized carbons (Fsp3) is 0.425. The van der Waals surface area contributed by atoms with Crippen LogP contribution in [0.5, 0.6) is 0 Å². The Labute approximate surface area is 333 Å². The second kappa shape index (κ2) is 19.7. The Hall–Kier alpha value is -5.09. The molecule has 0 saturated carbocycles. The molecule has 2 aromatic carbocycles. The number of anilines is 2. The second-order valence-electron chi connectivity index (χ2n) is 14.0. The predicted molar refractivity (Wildman–Crippen MR) is 218 cm³/mol. The van der Waals surface area contributed by atoms with Crippen LogP contribution in [0.3, 0.4) is 0 Å². The lowest BCUT2D eigenvalue weighted by atomic mass is 10.0. The van der Waals surface area contributed by atoms with Gasteiger partial charge in [-0.25, -0.2) is 14.2 Å². The first-order chi connectivity index (χ1) is 27.1. The maximum atomic E-state index is 13.9. The normalized spacial score (nSPS) is 17.2. The number of fused-ring (bicyclic) bond motifs is 2. The van der Waals surface area contributed by atoms with E-state index in [1.54, 1.807) is 6.20 Å². The molecule has 2 fully saturated rings. The molecule has 6 amide bonds. The van der Waals surface area contributed by atoms with Gasteiger partial charge in [-0.15, -0.1) is 0 Å². The van der Waals surface area contributed by atoms with Gasteiger partial charge in [0.05, 0.1) is 33.7 Å². The molecule has 0 radical (unpaired) electrons. The Bertz CT molecular complexity index is 2060. The van der Waals surface area contributed by atoms with Crippen LogP contribution in [-0.2, 0) is 20.8 Å². The highest BCUT2D eigenvalue weighted by Crippen LogP contribution is 2.34. The van der Waals surface area contributed by atoms with Crippen LogP contribution in [-0.4, -0.2) is 75.8 Å². The van der Waals surface area contributed by atoms with Crippen molar-refractivity contribution in [3.8, 4) is 11.1 Å². The molecule has 0 bridgehead atoms. The Morgan fingerprint density at radius 1 is 0.875 bits per heavy atom. The topological polar surface area (TPSA) is 183 Å². The van der Waals surface area contributed by atoms with Crippen LogP contribution in [0.4, 0.5) is 20.0 Å². The maximum absolute atomic E-state index is 13.9. The van der Waals surface area contributed by atoms with E-state index in [9.17, 15) is 28.4 Å². The van der Waals surface area contributed by atoms with E-state index in [0.29, 0.717) is 60.5 Å². The molecule has 0 unspecified atom stereocenters. The van der Waals surface area contributed by atoms with E-state index in [1.165, 1.54) is 42.5 Å². The lowest BCUT2D eigenvalue weighted by molar-refractivity contribution is -0.122. The highest BCUT2D eigenvalue weighted by Gasteiger charge is 2.42. The molecule has 2 aliphatic heterocycles. The quantitative estimate of drug-likeness (QED) is 0.0482. The third kappa shape index (κ3) is 11.5. The maximum Gasteiger partial charge on any atom is 0.315 e. The van der Waals surface area contributed by atoms with Crippen LogP contribution < -0.4 is 31.9 Å². The number of hydrogen-bond acceptors (Lipinski definition) is 9. The van der Waals surface area contributed by atoms with E-state index >= 15 is 0 Å². The summed E-state index contributed by atoms with van der Waals surface area (Å²) < 4.78 is 14.8. The molecule has 13 nitrogen and oxygen atoms in total. The van der Waals surface area contributed by atoms with Crippen molar-refractivity contribution < 1.29 is 28.4 Å². The molecule has 3 atom stereocenters. The zero-order chi connectivity index (χ0) is 39.4. The van der Waals surface area contributed by atoms with E-state index in [4.69, 9.17) is 0 Å². The molecular formula is C40H47FN8O5S2. The van der Waals surface area contributed by atoms with Crippen molar-refractivity contribution in [2.75, 3.05) is 29.5 Å². The van der Waals surface area contributed by atoms with Gasteiger partial charge in [0.15, 0.2) is 5.13 Å². The van der Waals surface area contributed by atoms with E-state index in [1.807, 2.05) is 36.0 Å². The SMILES string of the molecule is CC(=O)Nc1nc2ccc(-c3cnc(CCCNC(=O)CCCCCNC(=O)CCCC[C@@H]4SC[C@@H]5NC(=O)N[C@@H]54)c(NC(=O)c4cccc(F)c4)c3)cc2s1. The Kier molecular flexibility index (Phi) is 14.2. The lowest BCUT2D eigenvalue weighted by Gasteiger charge is -2.16. The van der Waals surface area contributed by atoms with Crippen molar-refractivity contribution in [3.05, 3.63) is 71.8 Å². The largest absolute Gasteiger partial charge is 0.356 e. The smallest absolute Gasteiger partial charge is 0.315 e. The minimum atomic E-state index is -0.515. The lowest BCUT2D eigenvalue weighted by Crippen LogP contribution is -2.36. The summed E-state index contributed by atoms with van der Waals surface area (Å²) in [7, 11) is 0. The zero-order valence-electron chi connectivity index (χ0n) is 31.3. The molecule has 16 heteroatoms. The molecule has 2 aromatic heterocycles. The Morgan fingerprint density at radius 2 is 1.66 bits per heavy atom. The molecule has 6 N–H and O–H groups in total. The van der Waals surface area contributed by atoms with Gasteiger partial charge in [-0.2, -0.15) is 11.8 Å². The number of halogens is 1. The minimum absolute atomic E-state index is 0.0446. The molecule has 0 aliphatic carbocycles. The summed E-state index contributed by atoms with van der Waals surface area (Å²) in [4.78, 5) is 70.1. The van der Waals surface area contributed by atoms with Crippen molar-refractivity contribution in [2.45, 2.75) is 88.5 Å².